The Morgan fingerprint density at radius 2 is 1.45 bits per heavy atom. The third-order valence-corrected chi connectivity index (χ3v) is 6.60. The molecule has 5 heteroatoms. The minimum absolute atomic E-state index is 0.196. The molecule has 0 aliphatic carbocycles. The van der Waals surface area contributed by atoms with Gasteiger partial charge in [-0.05, 0) is 63.8 Å². The molecule has 29 heavy (non-hydrogen) atoms. The van der Waals surface area contributed by atoms with E-state index >= 15 is 0 Å². The number of nitrogens with zero attached hydrogens (tertiary/aromatic N) is 2. The summed E-state index contributed by atoms with van der Waals surface area (Å²) in [5, 5.41) is 0. The number of anilines is 1. The van der Waals surface area contributed by atoms with Gasteiger partial charge in [0.15, 0.2) is 0 Å². The molecule has 150 valence electrons. The van der Waals surface area contributed by atoms with E-state index in [0.29, 0.717) is 16.3 Å². The molecule has 2 aliphatic rings. The van der Waals surface area contributed by atoms with Gasteiger partial charge in [-0.1, -0.05) is 47.2 Å². The van der Waals surface area contributed by atoms with Crippen molar-refractivity contribution in [1.29, 1.82) is 0 Å². The van der Waals surface area contributed by atoms with Crippen LogP contribution in [0.3, 0.4) is 0 Å². The maximum Gasteiger partial charge on any atom is 0.283 e. The van der Waals surface area contributed by atoms with E-state index in [9.17, 15) is 9.59 Å². The van der Waals surface area contributed by atoms with Crippen molar-refractivity contribution in [2.75, 3.05) is 18.0 Å². The number of hydrogen-bond acceptors (Lipinski definition) is 4. The Labute approximate surface area is 176 Å². The first-order chi connectivity index (χ1) is 14.0. The fourth-order valence-electron chi connectivity index (χ4n) is 3.99. The standard InChI is InChI=1S/C24H26N2O2S/c1-16-7-10-19(11-8-16)29-22-21(25-13-5-4-6-14-25)23(27)26(24(22)28)20-12-9-17(2)15-18(20)3/h7-12,15H,4-6,13-14H2,1-3H3. The third-order valence-electron chi connectivity index (χ3n) is 5.52. The van der Waals surface area contributed by atoms with Gasteiger partial charge in [0.2, 0.25) is 0 Å². The normalized spacial score (nSPS) is 17.5. The number of rotatable bonds is 4. The van der Waals surface area contributed by atoms with Gasteiger partial charge in [0.25, 0.3) is 11.8 Å². The quantitative estimate of drug-likeness (QED) is 0.672. The van der Waals surface area contributed by atoms with E-state index in [-0.39, 0.29) is 11.8 Å². The Hall–Kier alpha value is -2.53. The van der Waals surface area contributed by atoms with Crippen molar-refractivity contribution in [2.45, 2.75) is 44.9 Å². The Morgan fingerprint density at radius 1 is 0.793 bits per heavy atom. The number of piperidine rings is 1. The highest BCUT2D eigenvalue weighted by Gasteiger charge is 2.43. The molecule has 0 unspecified atom stereocenters. The largest absolute Gasteiger partial charge is 0.366 e. The zero-order chi connectivity index (χ0) is 20.5. The maximum absolute atomic E-state index is 13.5. The molecule has 0 bridgehead atoms. The van der Waals surface area contributed by atoms with Gasteiger partial charge in [0.1, 0.15) is 10.6 Å². The van der Waals surface area contributed by atoms with Crippen LogP contribution in [0.1, 0.15) is 36.0 Å². The molecule has 2 aromatic carbocycles. The molecular weight excluding hydrogens is 380 g/mol. The van der Waals surface area contributed by atoms with Crippen molar-refractivity contribution < 1.29 is 9.59 Å². The molecule has 0 radical (unpaired) electrons. The van der Waals surface area contributed by atoms with Gasteiger partial charge >= 0.3 is 0 Å². The molecule has 0 saturated carbocycles. The lowest BCUT2D eigenvalue weighted by Gasteiger charge is -2.29. The van der Waals surface area contributed by atoms with E-state index in [0.717, 1.165) is 42.0 Å². The lowest BCUT2D eigenvalue weighted by molar-refractivity contribution is -0.121. The molecule has 4 nitrogen and oxygen atoms in total. The van der Waals surface area contributed by atoms with Crippen molar-refractivity contribution >= 4 is 29.3 Å². The summed E-state index contributed by atoms with van der Waals surface area (Å²) in [6.07, 6.45) is 3.28. The molecule has 2 aliphatic heterocycles. The molecule has 1 fully saturated rings. The number of hydrogen-bond donors (Lipinski definition) is 0. The zero-order valence-electron chi connectivity index (χ0n) is 17.2. The number of likely N-dealkylation sites (tertiary alicyclic amines) is 1. The van der Waals surface area contributed by atoms with E-state index in [1.54, 1.807) is 0 Å². The molecule has 4 rings (SSSR count). The number of thioether (sulfide) groups is 1. The van der Waals surface area contributed by atoms with Crippen molar-refractivity contribution in [2.24, 2.45) is 0 Å². The van der Waals surface area contributed by atoms with E-state index in [4.69, 9.17) is 0 Å². The zero-order valence-corrected chi connectivity index (χ0v) is 18.0. The average Bonchev–Trinajstić information content (AvgIpc) is 2.94. The Balaban J connectivity index is 1.75. The summed E-state index contributed by atoms with van der Waals surface area (Å²) in [5.74, 6) is -0.411. The Bertz CT molecular complexity index is 988. The summed E-state index contributed by atoms with van der Waals surface area (Å²) < 4.78 is 0. The number of imide groups is 1. The van der Waals surface area contributed by atoms with Gasteiger partial charge in [-0.3, -0.25) is 9.59 Å². The lowest BCUT2D eigenvalue weighted by Crippen LogP contribution is -2.37. The molecule has 2 amide bonds. The first kappa shape index (κ1) is 19.8. The first-order valence-corrected chi connectivity index (χ1v) is 11.0. The number of amides is 2. The highest BCUT2D eigenvalue weighted by molar-refractivity contribution is 8.04. The van der Waals surface area contributed by atoms with Crippen LogP contribution in [-0.2, 0) is 9.59 Å². The number of aryl methyl sites for hydroxylation is 3. The molecule has 2 aromatic rings. The highest BCUT2D eigenvalue weighted by atomic mass is 32.2. The monoisotopic (exact) mass is 406 g/mol. The van der Waals surface area contributed by atoms with Gasteiger partial charge in [-0.25, -0.2) is 4.90 Å². The number of carbonyl (C=O) groups excluding carboxylic acids is 2. The fourth-order valence-corrected chi connectivity index (χ4v) is 4.99. The summed E-state index contributed by atoms with van der Waals surface area (Å²) in [4.78, 5) is 32.0. The van der Waals surface area contributed by atoms with Crippen LogP contribution in [0.2, 0.25) is 0 Å². The van der Waals surface area contributed by atoms with Crippen LogP contribution < -0.4 is 4.90 Å². The highest BCUT2D eigenvalue weighted by Crippen LogP contribution is 2.40. The van der Waals surface area contributed by atoms with Crippen LogP contribution in [0, 0.1) is 20.8 Å². The van der Waals surface area contributed by atoms with Crippen LogP contribution in [0.15, 0.2) is 58.0 Å². The second-order valence-electron chi connectivity index (χ2n) is 7.88. The van der Waals surface area contributed by atoms with Crippen molar-refractivity contribution in [3.63, 3.8) is 0 Å². The molecule has 0 atom stereocenters. The predicted octanol–water partition coefficient (Wildman–Crippen LogP) is 4.97. The Kier molecular flexibility index (Phi) is 5.50. The molecule has 0 N–H and O–H groups in total. The summed E-state index contributed by atoms with van der Waals surface area (Å²) in [7, 11) is 0. The van der Waals surface area contributed by atoms with Gasteiger partial charge in [0, 0.05) is 18.0 Å². The van der Waals surface area contributed by atoms with Crippen LogP contribution in [0.4, 0.5) is 5.69 Å². The van der Waals surface area contributed by atoms with Gasteiger partial charge in [0.05, 0.1) is 5.69 Å². The van der Waals surface area contributed by atoms with Crippen LogP contribution >= 0.6 is 11.8 Å². The van der Waals surface area contributed by atoms with E-state index in [1.165, 1.54) is 28.6 Å². The smallest absolute Gasteiger partial charge is 0.283 e. The minimum Gasteiger partial charge on any atom is -0.366 e. The molecule has 1 saturated heterocycles. The fraction of sp³-hybridized carbons (Fsp3) is 0.333. The SMILES string of the molecule is Cc1ccc(SC2=C(N3CCCCC3)C(=O)N(c3ccc(C)cc3C)C2=O)cc1. The Morgan fingerprint density at radius 3 is 2.10 bits per heavy atom. The van der Waals surface area contributed by atoms with Crippen LogP contribution in [0.5, 0.6) is 0 Å². The summed E-state index contributed by atoms with van der Waals surface area (Å²) in [6, 6.07) is 13.9. The van der Waals surface area contributed by atoms with Gasteiger partial charge in [-0.15, -0.1) is 0 Å². The van der Waals surface area contributed by atoms with E-state index < -0.39 is 0 Å². The van der Waals surface area contributed by atoms with Gasteiger partial charge in [-0.2, -0.15) is 0 Å². The number of carbonyl (C=O) groups is 2. The summed E-state index contributed by atoms with van der Waals surface area (Å²) >= 11 is 1.41. The maximum atomic E-state index is 13.5. The van der Waals surface area contributed by atoms with Crippen molar-refractivity contribution in [1.82, 2.24) is 4.90 Å². The predicted molar refractivity (Wildman–Crippen MR) is 118 cm³/mol. The summed E-state index contributed by atoms with van der Waals surface area (Å²) in [6.45, 7) is 7.66. The summed E-state index contributed by atoms with van der Waals surface area (Å²) in [5.41, 5.74) is 4.47. The molecular formula is C24H26N2O2S. The second-order valence-corrected chi connectivity index (χ2v) is 8.96. The lowest BCUT2D eigenvalue weighted by atomic mass is 10.1. The van der Waals surface area contributed by atoms with E-state index in [1.807, 2.05) is 63.2 Å². The average molecular weight is 407 g/mol. The first-order valence-electron chi connectivity index (χ1n) is 10.2. The van der Waals surface area contributed by atoms with Crippen LogP contribution in [-0.4, -0.2) is 29.8 Å². The second kappa shape index (κ2) is 8.07. The van der Waals surface area contributed by atoms with Crippen molar-refractivity contribution in [3.05, 3.63) is 69.8 Å². The molecule has 0 spiro atoms. The minimum atomic E-state index is -0.215. The topological polar surface area (TPSA) is 40.6 Å². The van der Waals surface area contributed by atoms with Crippen molar-refractivity contribution in [3.8, 4) is 0 Å². The third kappa shape index (κ3) is 3.84. The van der Waals surface area contributed by atoms with Gasteiger partial charge < -0.3 is 4.90 Å². The van der Waals surface area contributed by atoms with E-state index in [2.05, 4.69) is 4.90 Å². The molecule has 0 aromatic heterocycles. The van der Waals surface area contributed by atoms with Crippen LogP contribution in [0.25, 0.3) is 0 Å². The molecule has 2 heterocycles. The number of benzene rings is 2.